The van der Waals surface area contributed by atoms with Crippen LogP contribution in [0.3, 0.4) is 0 Å². The Morgan fingerprint density at radius 2 is 2.05 bits per heavy atom. The summed E-state index contributed by atoms with van der Waals surface area (Å²) in [6.45, 7) is 0.602. The van der Waals surface area contributed by atoms with E-state index in [0.717, 1.165) is 21.4 Å². The van der Waals surface area contributed by atoms with Crippen LogP contribution in [0, 0.1) is 5.82 Å². The Balaban J connectivity index is 1.96. The highest BCUT2D eigenvalue weighted by molar-refractivity contribution is 9.10. The third-order valence-corrected chi connectivity index (χ3v) is 3.95. The van der Waals surface area contributed by atoms with E-state index in [0.29, 0.717) is 12.2 Å². The molecular weight excluding hydrogens is 333 g/mol. The number of rotatable bonds is 3. The molecule has 0 atom stereocenters. The number of nitrogen functional groups attached to an aromatic ring is 1. The monoisotopic (exact) mass is 345 g/mol. The zero-order valence-electron chi connectivity index (χ0n) is 11.1. The molecule has 2 aromatic carbocycles. The molecule has 5 heteroatoms. The molecular formula is C16H13BrFN3. The Hall–Kier alpha value is -2.14. The van der Waals surface area contributed by atoms with Gasteiger partial charge in [-0.05, 0) is 29.8 Å². The molecule has 0 saturated carbocycles. The van der Waals surface area contributed by atoms with Crippen LogP contribution in [0.25, 0.3) is 11.4 Å². The SMILES string of the molecule is Nc1cccc(-c2nccn2Cc2ccc(F)cc2Br)c1. The highest BCUT2D eigenvalue weighted by Crippen LogP contribution is 2.23. The molecule has 0 unspecified atom stereocenters. The predicted molar refractivity (Wildman–Crippen MR) is 85.3 cm³/mol. The largest absolute Gasteiger partial charge is 0.399 e. The lowest BCUT2D eigenvalue weighted by Crippen LogP contribution is -2.02. The lowest BCUT2D eigenvalue weighted by atomic mass is 10.1. The molecule has 1 heterocycles. The van der Waals surface area contributed by atoms with Crippen molar-refractivity contribution in [1.29, 1.82) is 0 Å². The van der Waals surface area contributed by atoms with Gasteiger partial charge >= 0.3 is 0 Å². The van der Waals surface area contributed by atoms with E-state index in [1.165, 1.54) is 12.1 Å². The number of imidazole rings is 1. The first-order valence-corrected chi connectivity index (χ1v) is 7.24. The van der Waals surface area contributed by atoms with Crippen molar-refractivity contribution < 1.29 is 4.39 Å². The van der Waals surface area contributed by atoms with Crippen molar-refractivity contribution in [2.75, 3.05) is 5.73 Å². The minimum absolute atomic E-state index is 0.257. The van der Waals surface area contributed by atoms with Gasteiger partial charge in [0.05, 0.1) is 6.54 Å². The number of nitrogens with two attached hydrogens (primary N) is 1. The Bertz CT molecular complexity index is 783. The molecule has 0 fully saturated rings. The summed E-state index contributed by atoms with van der Waals surface area (Å²) in [7, 11) is 0. The van der Waals surface area contributed by atoms with Crippen molar-refractivity contribution in [2.45, 2.75) is 6.54 Å². The van der Waals surface area contributed by atoms with E-state index in [1.54, 1.807) is 12.3 Å². The highest BCUT2D eigenvalue weighted by Gasteiger charge is 2.09. The quantitative estimate of drug-likeness (QED) is 0.726. The fourth-order valence-corrected chi connectivity index (χ4v) is 2.68. The maximum absolute atomic E-state index is 13.2. The number of hydrogen-bond donors (Lipinski definition) is 1. The number of anilines is 1. The first-order valence-electron chi connectivity index (χ1n) is 6.44. The van der Waals surface area contributed by atoms with Gasteiger partial charge in [-0.1, -0.05) is 34.1 Å². The van der Waals surface area contributed by atoms with Crippen molar-refractivity contribution in [1.82, 2.24) is 9.55 Å². The molecule has 1 aromatic heterocycles. The second-order valence-electron chi connectivity index (χ2n) is 4.74. The van der Waals surface area contributed by atoms with Gasteiger partial charge in [0.15, 0.2) is 0 Å². The summed E-state index contributed by atoms with van der Waals surface area (Å²) in [5, 5.41) is 0. The van der Waals surface area contributed by atoms with Gasteiger partial charge in [-0.3, -0.25) is 0 Å². The zero-order valence-corrected chi connectivity index (χ0v) is 12.7. The van der Waals surface area contributed by atoms with Gasteiger partial charge in [-0.15, -0.1) is 0 Å². The van der Waals surface area contributed by atoms with Gasteiger partial charge in [0.1, 0.15) is 11.6 Å². The van der Waals surface area contributed by atoms with Crippen LogP contribution in [-0.2, 0) is 6.54 Å². The molecule has 21 heavy (non-hydrogen) atoms. The number of hydrogen-bond acceptors (Lipinski definition) is 2. The highest BCUT2D eigenvalue weighted by atomic mass is 79.9. The van der Waals surface area contributed by atoms with Gasteiger partial charge in [0.2, 0.25) is 0 Å². The molecule has 0 spiro atoms. The Morgan fingerprint density at radius 1 is 1.19 bits per heavy atom. The van der Waals surface area contributed by atoms with Crippen LogP contribution in [0.5, 0.6) is 0 Å². The summed E-state index contributed by atoms with van der Waals surface area (Å²) in [5.41, 5.74) is 8.46. The standard InChI is InChI=1S/C16H13BrFN3/c17-15-9-13(18)5-4-12(15)10-21-7-6-20-16(21)11-2-1-3-14(19)8-11/h1-9H,10,19H2. The third-order valence-electron chi connectivity index (χ3n) is 3.22. The van der Waals surface area contributed by atoms with Crippen LogP contribution >= 0.6 is 15.9 Å². The number of aromatic nitrogens is 2. The van der Waals surface area contributed by atoms with Crippen LogP contribution in [0.15, 0.2) is 59.3 Å². The van der Waals surface area contributed by atoms with E-state index in [-0.39, 0.29) is 5.82 Å². The average molecular weight is 346 g/mol. The molecule has 3 nitrogen and oxygen atoms in total. The van der Waals surface area contributed by atoms with Crippen LogP contribution in [0.2, 0.25) is 0 Å². The fraction of sp³-hybridized carbons (Fsp3) is 0.0625. The predicted octanol–water partition coefficient (Wildman–Crippen LogP) is 4.08. The minimum Gasteiger partial charge on any atom is -0.399 e. The smallest absolute Gasteiger partial charge is 0.140 e. The molecule has 0 aliphatic carbocycles. The molecule has 0 bridgehead atoms. The van der Waals surface area contributed by atoms with E-state index < -0.39 is 0 Å². The molecule has 3 aromatic rings. The van der Waals surface area contributed by atoms with Crippen molar-refractivity contribution in [3.05, 3.63) is 70.7 Å². The van der Waals surface area contributed by atoms with E-state index in [4.69, 9.17) is 5.73 Å². The van der Waals surface area contributed by atoms with Crippen LogP contribution in [-0.4, -0.2) is 9.55 Å². The Labute approximate surface area is 130 Å². The van der Waals surface area contributed by atoms with Crippen molar-refractivity contribution in [2.24, 2.45) is 0 Å². The molecule has 0 aliphatic heterocycles. The summed E-state index contributed by atoms with van der Waals surface area (Å²) in [4.78, 5) is 4.39. The molecule has 2 N–H and O–H groups in total. The van der Waals surface area contributed by atoms with Crippen molar-refractivity contribution in [3.63, 3.8) is 0 Å². The van der Waals surface area contributed by atoms with Gasteiger partial charge in [0.25, 0.3) is 0 Å². The maximum Gasteiger partial charge on any atom is 0.140 e. The van der Waals surface area contributed by atoms with Crippen molar-refractivity contribution >= 4 is 21.6 Å². The lowest BCUT2D eigenvalue weighted by molar-refractivity contribution is 0.625. The Kier molecular flexibility index (Phi) is 3.75. The minimum atomic E-state index is -0.257. The van der Waals surface area contributed by atoms with E-state index >= 15 is 0 Å². The fourth-order valence-electron chi connectivity index (χ4n) is 2.21. The lowest BCUT2D eigenvalue weighted by Gasteiger charge is -2.10. The van der Waals surface area contributed by atoms with E-state index in [1.807, 2.05) is 35.0 Å². The topological polar surface area (TPSA) is 43.8 Å². The van der Waals surface area contributed by atoms with Gasteiger partial charge in [-0.2, -0.15) is 0 Å². The second-order valence-corrected chi connectivity index (χ2v) is 5.59. The first-order chi connectivity index (χ1) is 10.1. The first kappa shape index (κ1) is 13.8. The number of halogens is 2. The second kappa shape index (κ2) is 5.69. The van der Waals surface area contributed by atoms with Crippen LogP contribution < -0.4 is 5.73 Å². The normalized spacial score (nSPS) is 10.8. The molecule has 0 radical (unpaired) electrons. The summed E-state index contributed by atoms with van der Waals surface area (Å²) in [5.74, 6) is 0.575. The summed E-state index contributed by atoms with van der Waals surface area (Å²) < 4.78 is 15.9. The van der Waals surface area contributed by atoms with E-state index in [2.05, 4.69) is 20.9 Å². The average Bonchev–Trinajstić information content (AvgIpc) is 2.90. The summed E-state index contributed by atoms with van der Waals surface area (Å²) >= 11 is 3.39. The number of benzene rings is 2. The molecule has 106 valence electrons. The summed E-state index contributed by atoms with van der Waals surface area (Å²) in [6, 6.07) is 12.3. The maximum atomic E-state index is 13.2. The number of nitrogens with zero attached hydrogens (tertiary/aromatic N) is 2. The van der Waals surface area contributed by atoms with Gasteiger partial charge in [-0.25, -0.2) is 9.37 Å². The van der Waals surface area contributed by atoms with Gasteiger partial charge in [0, 0.05) is 28.1 Å². The summed E-state index contributed by atoms with van der Waals surface area (Å²) in [6.07, 6.45) is 3.64. The van der Waals surface area contributed by atoms with Gasteiger partial charge < -0.3 is 10.3 Å². The molecule has 0 saturated heterocycles. The zero-order chi connectivity index (χ0) is 14.8. The van der Waals surface area contributed by atoms with Crippen molar-refractivity contribution in [3.8, 4) is 11.4 Å². The van der Waals surface area contributed by atoms with E-state index in [9.17, 15) is 4.39 Å². The Morgan fingerprint density at radius 3 is 2.81 bits per heavy atom. The molecule has 0 amide bonds. The third kappa shape index (κ3) is 2.97. The molecule has 3 rings (SSSR count). The van der Waals surface area contributed by atoms with Crippen LogP contribution in [0.1, 0.15) is 5.56 Å². The molecule has 0 aliphatic rings. The van der Waals surface area contributed by atoms with Crippen LogP contribution in [0.4, 0.5) is 10.1 Å².